The van der Waals surface area contributed by atoms with E-state index in [2.05, 4.69) is 4.74 Å². The number of hydrogen-bond acceptors (Lipinski definition) is 4. The number of nitrogens with one attached hydrogen (secondary N) is 1. The van der Waals surface area contributed by atoms with Crippen molar-refractivity contribution >= 4 is 16.2 Å². The van der Waals surface area contributed by atoms with Crippen molar-refractivity contribution in [3.63, 3.8) is 0 Å². The molecule has 0 saturated heterocycles. The highest BCUT2D eigenvalue weighted by Crippen LogP contribution is 2.25. The highest BCUT2D eigenvalue weighted by molar-refractivity contribution is 7.87. The predicted molar refractivity (Wildman–Crippen MR) is 64.0 cm³/mol. The molecule has 20 heavy (non-hydrogen) atoms. The molecule has 0 radical (unpaired) electrons. The number of alkyl halides is 3. The van der Waals surface area contributed by atoms with Gasteiger partial charge < -0.3 is 4.74 Å². The molecule has 0 unspecified atom stereocenters. The summed E-state index contributed by atoms with van der Waals surface area (Å²) in [5.41, 5.74) is 0. The van der Waals surface area contributed by atoms with Gasteiger partial charge in [0.25, 0.3) is 10.2 Å². The van der Waals surface area contributed by atoms with E-state index in [1.165, 1.54) is 4.72 Å². The predicted octanol–water partition coefficient (Wildman–Crippen LogP) is 0.801. The number of halogens is 3. The molecule has 10 heteroatoms. The van der Waals surface area contributed by atoms with Crippen molar-refractivity contribution < 1.29 is 31.1 Å². The highest BCUT2D eigenvalue weighted by atomic mass is 32.2. The van der Waals surface area contributed by atoms with Crippen LogP contribution in [0.4, 0.5) is 13.2 Å². The molecule has 1 N–H and O–H groups in total. The van der Waals surface area contributed by atoms with Crippen LogP contribution in [0.5, 0.6) is 0 Å². The summed E-state index contributed by atoms with van der Waals surface area (Å²) in [6, 6.07) is -0.472. The number of esters is 1. The first kappa shape index (κ1) is 17.2. The van der Waals surface area contributed by atoms with E-state index in [0.29, 0.717) is 12.8 Å². The Morgan fingerprint density at radius 3 is 2.35 bits per heavy atom. The quantitative estimate of drug-likeness (QED) is 0.735. The second kappa shape index (κ2) is 6.72. The Morgan fingerprint density at radius 2 is 1.90 bits per heavy atom. The second-order valence-corrected chi connectivity index (χ2v) is 6.21. The fourth-order valence-corrected chi connectivity index (χ4v) is 3.44. The van der Waals surface area contributed by atoms with Gasteiger partial charge in [-0.1, -0.05) is 12.8 Å². The third-order valence-electron chi connectivity index (χ3n) is 3.01. The molecule has 0 aromatic rings. The van der Waals surface area contributed by atoms with E-state index < -0.39 is 41.5 Å². The van der Waals surface area contributed by atoms with Gasteiger partial charge >= 0.3 is 12.1 Å². The summed E-state index contributed by atoms with van der Waals surface area (Å²) >= 11 is 0. The number of hydrogen-bond donors (Lipinski definition) is 1. The average Bonchev–Trinajstić information content (AvgIpc) is 2.85. The molecule has 6 nitrogen and oxygen atoms in total. The second-order valence-electron chi connectivity index (χ2n) is 4.50. The molecule has 0 amide bonds. The Bertz CT molecular complexity index is 432. The van der Waals surface area contributed by atoms with Crippen molar-refractivity contribution in [2.45, 2.75) is 37.9 Å². The van der Waals surface area contributed by atoms with Crippen molar-refractivity contribution in [1.82, 2.24) is 9.03 Å². The largest absolute Gasteiger partial charge is 0.468 e. The van der Waals surface area contributed by atoms with Gasteiger partial charge in [0.1, 0.15) is 13.1 Å². The van der Waals surface area contributed by atoms with Gasteiger partial charge in [0.05, 0.1) is 7.11 Å². The lowest BCUT2D eigenvalue weighted by Gasteiger charge is -2.27. The number of nitrogens with zero attached hydrogens (tertiary/aromatic N) is 1. The molecular formula is C10H17F3N2O4S. The molecule has 0 aromatic carbocycles. The summed E-state index contributed by atoms with van der Waals surface area (Å²) < 4.78 is 66.8. The van der Waals surface area contributed by atoms with E-state index in [1.807, 2.05) is 0 Å². The Morgan fingerprint density at radius 1 is 1.35 bits per heavy atom. The molecule has 0 bridgehead atoms. The summed E-state index contributed by atoms with van der Waals surface area (Å²) in [7, 11) is -3.29. The Balaban J connectivity index is 2.81. The lowest BCUT2D eigenvalue weighted by atomic mass is 10.2. The molecule has 0 spiro atoms. The lowest BCUT2D eigenvalue weighted by Crippen LogP contribution is -2.50. The fraction of sp³-hybridized carbons (Fsp3) is 0.900. The molecule has 0 aromatic heterocycles. The van der Waals surface area contributed by atoms with Crippen LogP contribution >= 0.6 is 0 Å². The zero-order chi connectivity index (χ0) is 15.4. The third-order valence-corrected chi connectivity index (χ3v) is 4.56. The van der Waals surface area contributed by atoms with Gasteiger partial charge in [0.2, 0.25) is 0 Å². The Labute approximate surface area is 115 Å². The van der Waals surface area contributed by atoms with Crippen LogP contribution in [0.2, 0.25) is 0 Å². The minimum atomic E-state index is -4.65. The van der Waals surface area contributed by atoms with E-state index in [0.717, 1.165) is 24.3 Å². The Hall–Kier alpha value is -0.870. The topological polar surface area (TPSA) is 75.7 Å². The Kier molecular flexibility index (Phi) is 5.78. The molecule has 1 fully saturated rings. The molecule has 0 aliphatic heterocycles. The van der Waals surface area contributed by atoms with Crippen molar-refractivity contribution in [1.29, 1.82) is 0 Å². The zero-order valence-corrected chi connectivity index (χ0v) is 11.8. The maximum absolute atomic E-state index is 12.1. The SMILES string of the molecule is COC(=O)CN(C1CCCC1)S(=O)(=O)NCC(F)(F)F. The molecule has 118 valence electrons. The summed E-state index contributed by atoms with van der Waals surface area (Å²) in [4.78, 5) is 11.2. The number of methoxy groups -OCH3 is 1. The number of carbonyl (C=O) groups is 1. The van der Waals surface area contributed by atoms with Crippen molar-refractivity contribution in [3.05, 3.63) is 0 Å². The van der Waals surface area contributed by atoms with Crippen LogP contribution in [-0.2, 0) is 19.7 Å². The molecule has 1 rings (SSSR count). The van der Waals surface area contributed by atoms with Crippen LogP contribution in [0.1, 0.15) is 25.7 Å². The van der Waals surface area contributed by atoms with E-state index in [-0.39, 0.29) is 0 Å². The maximum Gasteiger partial charge on any atom is 0.402 e. The summed E-state index contributed by atoms with van der Waals surface area (Å²) in [6.07, 6.45) is -2.07. The first-order chi connectivity index (χ1) is 9.15. The summed E-state index contributed by atoms with van der Waals surface area (Å²) in [5, 5.41) is 0. The third kappa shape index (κ3) is 5.25. The van der Waals surface area contributed by atoms with Gasteiger partial charge in [-0.3, -0.25) is 4.79 Å². The summed E-state index contributed by atoms with van der Waals surface area (Å²) in [5.74, 6) is -0.811. The standard InChI is InChI=1S/C10H17F3N2O4S/c1-19-9(16)6-15(8-4-2-3-5-8)20(17,18)14-7-10(11,12)13/h8,14H,2-7H2,1H3. The number of carbonyl (C=O) groups excluding carboxylic acids is 1. The molecule has 0 heterocycles. The molecule has 1 aliphatic carbocycles. The van der Waals surface area contributed by atoms with Crippen LogP contribution in [0.25, 0.3) is 0 Å². The van der Waals surface area contributed by atoms with E-state index >= 15 is 0 Å². The zero-order valence-electron chi connectivity index (χ0n) is 10.9. The van der Waals surface area contributed by atoms with Gasteiger partial charge in [0.15, 0.2) is 0 Å². The van der Waals surface area contributed by atoms with Crippen LogP contribution in [0.15, 0.2) is 0 Å². The van der Waals surface area contributed by atoms with Gasteiger partial charge in [-0.25, -0.2) is 0 Å². The normalized spacial score (nSPS) is 17.6. The first-order valence-corrected chi connectivity index (χ1v) is 7.50. The van der Waals surface area contributed by atoms with Crippen LogP contribution < -0.4 is 4.72 Å². The van der Waals surface area contributed by atoms with E-state index in [9.17, 15) is 26.4 Å². The number of rotatable bonds is 6. The van der Waals surface area contributed by atoms with E-state index in [1.54, 1.807) is 0 Å². The smallest absolute Gasteiger partial charge is 0.402 e. The van der Waals surface area contributed by atoms with Gasteiger partial charge in [-0.2, -0.15) is 30.6 Å². The van der Waals surface area contributed by atoms with Crippen molar-refractivity contribution in [2.24, 2.45) is 0 Å². The van der Waals surface area contributed by atoms with Gasteiger partial charge in [-0.15, -0.1) is 0 Å². The summed E-state index contributed by atoms with van der Waals surface area (Å²) in [6.45, 7) is -2.26. The molecule has 0 atom stereocenters. The maximum atomic E-state index is 12.1. The lowest BCUT2D eigenvalue weighted by molar-refractivity contribution is -0.141. The van der Waals surface area contributed by atoms with Crippen molar-refractivity contribution in [3.8, 4) is 0 Å². The minimum Gasteiger partial charge on any atom is -0.468 e. The van der Waals surface area contributed by atoms with Gasteiger partial charge in [0, 0.05) is 6.04 Å². The van der Waals surface area contributed by atoms with Gasteiger partial charge in [-0.05, 0) is 12.8 Å². The first-order valence-electron chi connectivity index (χ1n) is 6.06. The number of ether oxygens (including phenoxy) is 1. The van der Waals surface area contributed by atoms with Crippen LogP contribution in [0, 0.1) is 0 Å². The minimum absolute atomic E-state index is 0.472. The monoisotopic (exact) mass is 318 g/mol. The highest BCUT2D eigenvalue weighted by Gasteiger charge is 2.37. The van der Waals surface area contributed by atoms with Crippen LogP contribution in [0.3, 0.4) is 0 Å². The molecular weight excluding hydrogens is 301 g/mol. The van der Waals surface area contributed by atoms with E-state index in [4.69, 9.17) is 0 Å². The fourth-order valence-electron chi connectivity index (χ4n) is 2.05. The van der Waals surface area contributed by atoms with Crippen LogP contribution in [-0.4, -0.2) is 51.1 Å². The van der Waals surface area contributed by atoms with Crippen molar-refractivity contribution in [2.75, 3.05) is 20.2 Å². The average molecular weight is 318 g/mol. The molecule has 1 saturated carbocycles. The molecule has 1 aliphatic rings.